The van der Waals surface area contributed by atoms with E-state index in [9.17, 15) is 21.6 Å². The first kappa shape index (κ1) is 20.8. The maximum Gasteiger partial charge on any atom is 0.573 e. The predicted octanol–water partition coefficient (Wildman–Crippen LogP) is 2.91. The number of alkyl halides is 3. The van der Waals surface area contributed by atoms with Gasteiger partial charge in [-0.3, -0.25) is 4.68 Å². The molecule has 0 radical (unpaired) electrons. The van der Waals surface area contributed by atoms with Gasteiger partial charge >= 0.3 is 6.36 Å². The lowest BCUT2D eigenvalue weighted by Gasteiger charge is -2.16. The average Bonchev–Trinajstić information content (AvgIpc) is 3.35. The molecule has 1 unspecified atom stereocenters. The fraction of sp³-hybridized carbons (Fsp3) is 0.211. The maximum atomic E-state index is 13.0. The van der Waals surface area contributed by atoms with Crippen molar-refractivity contribution in [2.24, 2.45) is 12.1 Å². The fourth-order valence-corrected chi connectivity index (χ4v) is 4.42. The van der Waals surface area contributed by atoms with E-state index in [1.807, 2.05) is 0 Å². The first-order valence-electron chi connectivity index (χ1n) is 9.02. The first-order valence-corrected chi connectivity index (χ1v) is 10.5. The van der Waals surface area contributed by atoms with Crippen LogP contribution in [-0.4, -0.2) is 46.4 Å². The maximum absolute atomic E-state index is 13.0. The fourth-order valence-electron chi connectivity index (χ4n) is 3.24. The van der Waals surface area contributed by atoms with Crippen LogP contribution in [0.1, 0.15) is 17.0 Å². The van der Waals surface area contributed by atoms with E-state index in [2.05, 4.69) is 20.2 Å². The van der Waals surface area contributed by atoms with E-state index in [0.29, 0.717) is 11.3 Å². The highest BCUT2D eigenvalue weighted by atomic mass is 32.2. The molecular weight excluding hydrogens is 435 g/mol. The molecule has 1 atom stereocenters. The Morgan fingerprint density at radius 1 is 1.10 bits per heavy atom. The van der Waals surface area contributed by atoms with Gasteiger partial charge < -0.3 is 4.74 Å². The van der Waals surface area contributed by atoms with Crippen LogP contribution >= 0.6 is 0 Å². The molecule has 1 aliphatic heterocycles. The van der Waals surface area contributed by atoms with Crippen LogP contribution in [0.2, 0.25) is 0 Å². The number of nitrogens with zero attached hydrogens (tertiary/aromatic N) is 5. The van der Waals surface area contributed by atoms with Gasteiger partial charge in [-0.25, -0.2) is 0 Å². The monoisotopic (exact) mass is 451 g/mol. The Kier molecular flexibility index (Phi) is 5.17. The molecule has 2 aromatic carbocycles. The van der Waals surface area contributed by atoms with Crippen molar-refractivity contribution < 1.29 is 26.3 Å². The van der Waals surface area contributed by atoms with Crippen molar-refractivity contribution in [2.75, 3.05) is 6.54 Å². The average molecular weight is 451 g/mol. The molecular formula is C19H16F3N5O3S. The Balaban J connectivity index is 1.76. The third kappa shape index (κ3) is 4.38. The van der Waals surface area contributed by atoms with Crippen molar-refractivity contribution in [1.82, 2.24) is 19.4 Å². The highest BCUT2D eigenvalue weighted by Gasteiger charge is 2.38. The number of aromatic nitrogens is 3. The Bertz CT molecular complexity index is 1230. The Morgan fingerprint density at radius 2 is 1.84 bits per heavy atom. The van der Waals surface area contributed by atoms with Crippen molar-refractivity contribution in [2.45, 2.75) is 17.3 Å². The molecule has 0 aliphatic carbocycles. The minimum atomic E-state index is -4.85. The molecule has 1 aromatic heterocycles. The summed E-state index contributed by atoms with van der Waals surface area (Å²) in [6.45, 7) is -0.0391. The van der Waals surface area contributed by atoms with Gasteiger partial charge in [0.2, 0.25) is 5.03 Å². The largest absolute Gasteiger partial charge is 0.573 e. The van der Waals surface area contributed by atoms with Crippen LogP contribution in [0.15, 0.2) is 70.9 Å². The lowest BCUT2D eigenvalue weighted by Crippen LogP contribution is -2.26. The summed E-state index contributed by atoms with van der Waals surface area (Å²) in [6, 6.07) is 14.3. The van der Waals surface area contributed by atoms with Gasteiger partial charge in [0.05, 0.1) is 18.5 Å². The van der Waals surface area contributed by atoms with E-state index >= 15 is 0 Å². The Hall–Kier alpha value is -3.41. The van der Waals surface area contributed by atoms with Crippen LogP contribution in [0.4, 0.5) is 13.2 Å². The molecule has 0 spiro atoms. The molecule has 31 heavy (non-hydrogen) atoms. The van der Waals surface area contributed by atoms with Crippen LogP contribution in [0.3, 0.4) is 0 Å². The van der Waals surface area contributed by atoms with Gasteiger partial charge in [-0.2, -0.15) is 17.9 Å². The topological polar surface area (TPSA) is 89.7 Å². The molecule has 1 aliphatic rings. The summed E-state index contributed by atoms with van der Waals surface area (Å²) < 4.78 is 70.0. The summed E-state index contributed by atoms with van der Waals surface area (Å²) in [5.74, 6) is -0.927. The summed E-state index contributed by atoms with van der Waals surface area (Å²) >= 11 is 0. The van der Waals surface area contributed by atoms with Crippen LogP contribution in [-0.2, 0) is 17.1 Å². The number of aryl methyl sites for hydroxylation is 1. The van der Waals surface area contributed by atoms with E-state index in [-0.39, 0.29) is 11.6 Å². The minimum Gasteiger partial charge on any atom is -0.406 e. The van der Waals surface area contributed by atoms with Crippen molar-refractivity contribution in [1.29, 1.82) is 0 Å². The molecule has 4 rings (SSSR count). The van der Waals surface area contributed by atoms with E-state index < -0.39 is 28.1 Å². The minimum absolute atomic E-state index is 0.0391. The molecule has 12 heteroatoms. The summed E-state index contributed by atoms with van der Waals surface area (Å²) in [7, 11) is -2.57. The third-order valence-electron chi connectivity index (χ3n) is 4.58. The van der Waals surface area contributed by atoms with E-state index in [1.165, 1.54) is 30.1 Å². The molecule has 0 saturated heterocycles. The van der Waals surface area contributed by atoms with Crippen LogP contribution in [0.25, 0.3) is 0 Å². The zero-order valence-corrected chi connectivity index (χ0v) is 16.9. The first-order chi connectivity index (χ1) is 14.6. The zero-order chi connectivity index (χ0) is 22.2. The van der Waals surface area contributed by atoms with Crippen LogP contribution < -0.4 is 4.74 Å². The van der Waals surface area contributed by atoms with Gasteiger partial charge in [0.15, 0.2) is 0 Å². The Labute approximate surface area is 175 Å². The molecule has 8 nitrogen and oxygen atoms in total. The van der Waals surface area contributed by atoms with E-state index in [0.717, 1.165) is 16.0 Å². The van der Waals surface area contributed by atoms with Crippen molar-refractivity contribution >= 4 is 15.7 Å². The smallest absolute Gasteiger partial charge is 0.406 e. The molecule has 0 amide bonds. The number of hydrogen-bond donors (Lipinski definition) is 0. The van der Waals surface area contributed by atoms with Gasteiger partial charge in [-0.1, -0.05) is 47.7 Å². The van der Waals surface area contributed by atoms with Crippen LogP contribution in [0, 0.1) is 0 Å². The van der Waals surface area contributed by atoms with Gasteiger partial charge in [-0.05, 0) is 17.7 Å². The van der Waals surface area contributed by atoms with Crippen molar-refractivity contribution in [3.05, 3.63) is 71.9 Å². The summed E-state index contributed by atoms with van der Waals surface area (Å²) in [6.07, 6.45) is -3.60. The standard InChI is InChI=1S/C19H16F3N5O3S/c1-26-12-17(23-25-26)31(28,29)27-11-16(13-6-3-2-4-7-13)18(24-27)14-8-5-9-15(10-14)30-19(20,21)22/h2-10,12,16H,11H2,1H3. The van der Waals surface area contributed by atoms with Crippen molar-refractivity contribution in [3.8, 4) is 5.75 Å². The third-order valence-corrected chi connectivity index (χ3v) is 6.08. The number of halogens is 3. The van der Waals surface area contributed by atoms with Crippen molar-refractivity contribution in [3.63, 3.8) is 0 Å². The van der Waals surface area contributed by atoms with Gasteiger partial charge in [0.1, 0.15) is 5.75 Å². The van der Waals surface area contributed by atoms with E-state index in [4.69, 9.17) is 0 Å². The molecule has 0 bridgehead atoms. The summed E-state index contributed by atoms with van der Waals surface area (Å²) in [5, 5.41) is 11.3. The molecule has 0 saturated carbocycles. The lowest BCUT2D eigenvalue weighted by molar-refractivity contribution is -0.274. The number of sulfonamides is 1. The molecule has 0 N–H and O–H groups in total. The summed E-state index contributed by atoms with van der Waals surface area (Å²) in [5.41, 5.74) is 1.37. The molecule has 0 fully saturated rings. The zero-order valence-electron chi connectivity index (χ0n) is 16.1. The second-order valence-electron chi connectivity index (χ2n) is 6.76. The lowest BCUT2D eigenvalue weighted by atomic mass is 9.91. The number of hydrazone groups is 1. The SMILES string of the molecule is Cn1cc(S(=O)(=O)N2CC(c3ccccc3)C(c3cccc(OC(F)(F)F)c3)=N2)nn1. The number of hydrogen-bond acceptors (Lipinski definition) is 6. The number of rotatable bonds is 5. The highest BCUT2D eigenvalue weighted by molar-refractivity contribution is 7.89. The predicted molar refractivity (Wildman–Crippen MR) is 104 cm³/mol. The van der Waals surface area contributed by atoms with Gasteiger partial charge in [0.25, 0.3) is 10.0 Å². The number of ether oxygens (including phenoxy) is 1. The molecule has 3 aromatic rings. The number of benzene rings is 2. The molecule has 162 valence electrons. The van der Waals surface area contributed by atoms with Gasteiger partial charge in [0, 0.05) is 18.5 Å². The van der Waals surface area contributed by atoms with Crippen LogP contribution in [0.5, 0.6) is 5.75 Å². The molecule has 2 heterocycles. The normalized spacial score (nSPS) is 17.0. The van der Waals surface area contributed by atoms with Gasteiger partial charge in [-0.15, -0.1) is 18.3 Å². The summed E-state index contributed by atoms with van der Waals surface area (Å²) in [4.78, 5) is 0. The highest BCUT2D eigenvalue weighted by Crippen LogP contribution is 2.33. The Morgan fingerprint density at radius 3 is 2.48 bits per heavy atom. The van der Waals surface area contributed by atoms with E-state index in [1.54, 1.807) is 36.4 Å². The quantitative estimate of drug-likeness (QED) is 0.595. The second kappa shape index (κ2) is 7.69. The second-order valence-corrected chi connectivity index (χ2v) is 8.55.